The van der Waals surface area contributed by atoms with Gasteiger partial charge in [-0.3, -0.25) is 14.9 Å². The number of amides is 1. The molecular formula is C15H15ClN2O5. The van der Waals surface area contributed by atoms with E-state index in [9.17, 15) is 14.9 Å². The topological polar surface area (TPSA) is 94.6 Å². The Morgan fingerprint density at radius 3 is 2.78 bits per heavy atom. The maximum absolute atomic E-state index is 11.8. The van der Waals surface area contributed by atoms with Crippen LogP contribution in [0, 0.1) is 10.1 Å². The number of ether oxygens (including phenoxy) is 1. The first kappa shape index (κ1) is 16.8. The van der Waals surface area contributed by atoms with Crippen molar-refractivity contribution in [2.75, 3.05) is 0 Å². The van der Waals surface area contributed by atoms with Gasteiger partial charge < -0.3 is 14.5 Å². The molecule has 1 aromatic heterocycles. The number of nitrogens with one attached hydrogen (secondary N) is 1. The normalized spacial score (nSPS) is 10.6. The summed E-state index contributed by atoms with van der Waals surface area (Å²) >= 11 is 5.94. The third-order valence-electron chi connectivity index (χ3n) is 2.80. The number of halogens is 1. The summed E-state index contributed by atoms with van der Waals surface area (Å²) in [5, 5.41) is 13.7. The van der Waals surface area contributed by atoms with E-state index < -0.39 is 4.92 Å². The third-order valence-corrected chi connectivity index (χ3v) is 3.11. The number of carbonyl (C=O) groups excluding carboxylic acids is 1. The van der Waals surface area contributed by atoms with Crippen molar-refractivity contribution in [3.8, 4) is 5.75 Å². The molecular weight excluding hydrogens is 324 g/mol. The lowest BCUT2D eigenvalue weighted by Crippen LogP contribution is -2.29. The van der Waals surface area contributed by atoms with Crippen molar-refractivity contribution in [2.45, 2.75) is 26.5 Å². The van der Waals surface area contributed by atoms with Crippen molar-refractivity contribution < 1.29 is 18.9 Å². The Morgan fingerprint density at radius 2 is 2.13 bits per heavy atom. The van der Waals surface area contributed by atoms with E-state index in [4.69, 9.17) is 20.8 Å². The van der Waals surface area contributed by atoms with Gasteiger partial charge in [0.05, 0.1) is 16.0 Å². The average molecular weight is 339 g/mol. The fourth-order valence-corrected chi connectivity index (χ4v) is 1.95. The number of nitro benzene ring substituents is 1. The van der Waals surface area contributed by atoms with E-state index in [-0.39, 0.29) is 40.8 Å². The van der Waals surface area contributed by atoms with E-state index in [1.807, 2.05) is 13.8 Å². The Balaban J connectivity index is 2.04. The van der Waals surface area contributed by atoms with Crippen LogP contribution in [0.4, 0.5) is 5.69 Å². The molecule has 0 atom stereocenters. The molecule has 0 spiro atoms. The highest BCUT2D eigenvalue weighted by Crippen LogP contribution is 2.29. The quantitative estimate of drug-likeness (QED) is 0.642. The number of carbonyl (C=O) groups is 1. The summed E-state index contributed by atoms with van der Waals surface area (Å²) in [6, 6.07) is 7.04. The van der Waals surface area contributed by atoms with Crippen molar-refractivity contribution in [2.24, 2.45) is 0 Å². The summed E-state index contributed by atoms with van der Waals surface area (Å²) in [5.41, 5.74) is -0.124. The molecule has 1 N–H and O–H groups in total. The maximum Gasteiger partial charge on any atom is 0.287 e. The molecule has 0 aliphatic rings. The number of rotatable bonds is 6. The molecule has 122 valence electrons. The van der Waals surface area contributed by atoms with Gasteiger partial charge in [-0.05, 0) is 32.0 Å². The van der Waals surface area contributed by atoms with Gasteiger partial charge in [0.25, 0.3) is 11.6 Å². The number of benzene rings is 1. The van der Waals surface area contributed by atoms with Gasteiger partial charge >= 0.3 is 0 Å². The van der Waals surface area contributed by atoms with Gasteiger partial charge in [0.1, 0.15) is 18.1 Å². The van der Waals surface area contributed by atoms with E-state index in [1.54, 1.807) is 6.07 Å². The molecule has 1 aromatic carbocycles. The zero-order valence-electron chi connectivity index (χ0n) is 12.5. The van der Waals surface area contributed by atoms with Gasteiger partial charge in [0, 0.05) is 12.1 Å². The maximum atomic E-state index is 11.8. The third kappa shape index (κ3) is 4.46. The standard InChI is InChI=1S/C15H15ClN2O5/c1-9(2)17-15(19)13-6-4-11(23-13)8-22-14-7-10(18(20)21)3-5-12(14)16/h3-7,9H,8H2,1-2H3,(H,17,19). The van der Waals surface area contributed by atoms with Crippen LogP contribution in [0.1, 0.15) is 30.2 Å². The van der Waals surface area contributed by atoms with Crippen LogP contribution >= 0.6 is 11.6 Å². The van der Waals surface area contributed by atoms with Crippen LogP contribution in [0.25, 0.3) is 0 Å². The van der Waals surface area contributed by atoms with Crippen LogP contribution in [0.5, 0.6) is 5.75 Å². The molecule has 1 heterocycles. The number of hydrogen-bond donors (Lipinski definition) is 1. The first-order valence-electron chi connectivity index (χ1n) is 6.83. The van der Waals surface area contributed by atoms with Crippen LogP contribution < -0.4 is 10.1 Å². The fraction of sp³-hybridized carbons (Fsp3) is 0.267. The van der Waals surface area contributed by atoms with Gasteiger partial charge in [-0.15, -0.1) is 0 Å². The fourth-order valence-electron chi connectivity index (χ4n) is 1.78. The molecule has 2 rings (SSSR count). The highest BCUT2D eigenvalue weighted by molar-refractivity contribution is 6.32. The van der Waals surface area contributed by atoms with Crippen molar-refractivity contribution >= 4 is 23.2 Å². The lowest BCUT2D eigenvalue weighted by atomic mass is 10.3. The Kier molecular flexibility index (Phi) is 5.23. The zero-order chi connectivity index (χ0) is 17.0. The number of non-ortho nitro benzene ring substituents is 1. The minimum Gasteiger partial charge on any atom is -0.484 e. The lowest BCUT2D eigenvalue weighted by Gasteiger charge is -2.07. The second-order valence-corrected chi connectivity index (χ2v) is 5.46. The highest BCUT2D eigenvalue weighted by atomic mass is 35.5. The number of hydrogen-bond acceptors (Lipinski definition) is 5. The minimum absolute atomic E-state index is 0.00373. The molecule has 0 aliphatic carbocycles. The molecule has 0 unspecified atom stereocenters. The van der Waals surface area contributed by atoms with Crippen LogP contribution in [0.2, 0.25) is 5.02 Å². The second kappa shape index (κ2) is 7.15. The Morgan fingerprint density at radius 1 is 1.39 bits per heavy atom. The molecule has 0 saturated carbocycles. The summed E-state index contributed by atoms with van der Waals surface area (Å²) in [5.74, 6) is 0.425. The largest absolute Gasteiger partial charge is 0.484 e. The van der Waals surface area contributed by atoms with Gasteiger partial charge in [-0.2, -0.15) is 0 Å². The summed E-state index contributed by atoms with van der Waals surface area (Å²) in [6.45, 7) is 3.68. The van der Waals surface area contributed by atoms with Gasteiger partial charge in [-0.1, -0.05) is 11.6 Å². The van der Waals surface area contributed by atoms with Crippen molar-refractivity contribution in [1.29, 1.82) is 0 Å². The predicted molar refractivity (Wildman–Crippen MR) is 83.7 cm³/mol. The SMILES string of the molecule is CC(C)NC(=O)c1ccc(COc2cc([N+](=O)[O-])ccc2Cl)o1. The van der Waals surface area contributed by atoms with Crippen molar-refractivity contribution in [3.63, 3.8) is 0 Å². The average Bonchev–Trinajstić information content (AvgIpc) is 2.94. The molecule has 0 bridgehead atoms. The molecule has 2 aromatic rings. The van der Waals surface area contributed by atoms with E-state index in [0.717, 1.165) is 0 Å². The smallest absolute Gasteiger partial charge is 0.287 e. The Hall–Kier alpha value is -2.54. The Labute approximate surface area is 137 Å². The molecule has 0 radical (unpaired) electrons. The van der Waals surface area contributed by atoms with E-state index in [0.29, 0.717) is 5.76 Å². The summed E-state index contributed by atoms with van der Waals surface area (Å²) in [6.07, 6.45) is 0. The highest BCUT2D eigenvalue weighted by Gasteiger charge is 2.14. The van der Waals surface area contributed by atoms with Crippen LogP contribution in [-0.2, 0) is 6.61 Å². The molecule has 23 heavy (non-hydrogen) atoms. The molecule has 1 amide bonds. The van der Waals surface area contributed by atoms with Crippen LogP contribution in [-0.4, -0.2) is 16.9 Å². The minimum atomic E-state index is -0.537. The van der Waals surface area contributed by atoms with E-state index in [2.05, 4.69) is 5.32 Å². The zero-order valence-corrected chi connectivity index (χ0v) is 13.3. The van der Waals surface area contributed by atoms with E-state index >= 15 is 0 Å². The second-order valence-electron chi connectivity index (χ2n) is 5.05. The van der Waals surface area contributed by atoms with Gasteiger partial charge in [0.15, 0.2) is 5.76 Å². The molecule has 8 heteroatoms. The molecule has 7 nitrogen and oxygen atoms in total. The molecule has 0 aliphatic heterocycles. The first-order chi connectivity index (χ1) is 10.9. The summed E-state index contributed by atoms with van der Waals surface area (Å²) in [4.78, 5) is 22.0. The van der Waals surface area contributed by atoms with Crippen LogP contribution in [0.15, 0.2) is 34.7 Å². The Bertz CT molecular complexity index is 726. The number of nitro groups is 1. The van der Waals surface area contributed by atoms with E-state index in [1.165, 1.54) is 24.3 Å². The number of furan rings is 1. The van der Waals surface area contributed by atoms with Gasteiger partial charge in [0.2, 0.25) is 0 Å². The van der Waals surface area contributed by atoms with Crippen molar-refractivity contribution in [1.82, 2.24) is 5.32 Å². The lowest BCUT2D eigenvalue weighted by molar-refractivity contribution is -0.384. The van der Waals surface area contributed by atoms with Gasteiger partial charge in [-0.25, -0.2) is 0 Å². The summed E-state index contributed by atoms with van der Waals surface area (Å²) < 4.78 is 10.8. The molecule has 0 saturated heterocycles. The van der Waals surface area contributed by atoms with Crippen LogP contribution in [0.3, 0.4) is 0 Å². The number of nitrogens with zero attached hydrogens (tertiary/aromatic N) is 1. The van der Waals surface area contributed by atoms with Crippen molar-refractivity contribution in [3.05, 3.63) is 57.0 Å². The monoisotopic (exact) mass is 338 g/mol. The molecule has 0 fully saturated rings. The first-order valence-corrected chi connectivity index (χ1v) is 7.21. The summed E-state index contributed by atoms with van der Waals surface area (Å²) in [7, 11) is 0. The predicted octanol–water partition coefficient (Wildman–Crippen LogP) is 3.56.